The van der Waals surface area contributed by atoms with Crippen molar-refractivity contribution in [3.63, 3.8) is 0 Å². The minimum absolute atomic E-state index is 0.00851. The maximum Gasteiger partial charge on any atom is 0.313 e. The fourth-order valence-corrected chi connectivity index (χ4v) is 2.65. The second kappa shape index (κ2) is 6.93. The van der Waals surface area contributed by atoms with E-state index in [-0.39, 0.29) is 24.0 Å². The molecule has 0 aliphatic heterocycles. The SMILES string of the molecule is COC(=O)CC(=O)C1CCc2cc(C(=N)N=NN)ccc2C1. The van der Waals surface area contributed by atoms with Crippen LogP contribution in [-0.4, -0.2) is 24.7 Å². The minimum atomic E-state index is -0.494. The Balaban J connectivity index is 2.10. The molecule has 1 aliphatic rings. The van der Waals surface area contributed by atoms with Crippen molar-refractivity contribution in [1.82, 2.24) is 0 Å². The lowest BCUT2D eigenvalue weighted by Crippen LogP contribution is -2.25. The lowest BCUT2D eigenvalue weighted by atomic mass is 9.80. The summed E-state index contributed by atoms with van der Waals surface area (Å²) in [5.74, 6) is 4.23. The average Bonchev–Trinajstić information content (AvgIpc) is 2.53. The molecule has 7 heteroatoms. The van der Waals surface area contributed by atoms with Crippen molar-refractivity contribution in [2.24, 2.45) is 22.1 Å². The zero-order valence-corrected chi connectivity index (χ0v) is 12.3. The molecule has 1 aliphatic carbocycles. The first-order valence-electron chi connectivity index (χ1n) is 6.96. The van der Waals surface area contributed by atoms with Crippen LogP contribution in [-0.2, 0) is 27.2 Å². The second-order valence-corrected chi connectivity index (χ2v) is 5.21. The highest BCUT2D eigenvalue weighted by atomic mass is 16.5. The standard InChI is InChI=1S/C15H18N4O3/c1-22-14(21)8-13(20)11-4-2-10-7-12(15(16)18-19-17)5-3-9(10)6-11/h3,5,7,11H,2,4,6,8H2,1H3,(H3,16,17,18). The van der Waals surface area contributed by atoms with Gasteiger partial charge < -0.3 is 10.6 Å². The smallest absolute Gasteiger partial charge is 0.313 e. The van der Waals surface area contributed by atoms with Gasteiger partial charge in [-0.15, -0.1) is 5.11 Å². The number of carbonyl (C=O) groups is 2. The van der Waals surface area contributed by atoms with Crippen molar-refractivity contribution in [2.75, 3.05) is 7.11 Å². The number of amidine groups is 1. The van der Waals surface area contributed by atoms with Gasteiger partial charge in [0.05, 0.1) is 7.11 Å². The summed E-state index contributed by atoms with van der Waals surface area (Å²) in [5.41, 5.74) is 2.81. The first-order chi connectivity index (χ1) is 10.5. The van der Waals surface area contributed by atoms with E-state index in [9.17, 15) is 9.59 Å². The van der Waals surface area contributed by atoms with Crippen LogP contribution in [0.4, 0.5) is 0 Å². The van der Waals surface area contributed by atoms with Crippen molar-refractivity contribution in [3.05, 3.63) is 34.9 Å². The second-order valence-electron chi connectivity index (χ2n) is 5.21. The van der Waals surface area contributed by atoms with E-state index < -0.39 is 5.97 Å². The summed E-state index contributed by atoms with van der Waals surface area (Å²) in [4.78, 5) is 23.3. The number of fused-ring (bicyclic) bond motifs is 1. The van der Waals surface area contributed by atoms with E-state index in [2.05, 4.69) is 15.1 Å². The summed E-state index contributed by atoms with van der Waals surface area (Å²) in [7, 11) is 1.28. The number of methoxy groups -OCH3 is 1. The summed E-state index contributed by atoms with van der Waals surface area (Å²) in [6.45, 7) is 0. The Morgan fingerprint density at radius 1 is 1.41 bits per heavy atom. The molecule has 1 aromatic rings. The van der Waals surface area contributed by atoms with E-state index in [4.69, 9.17) is 11.3 Å². The van der Waals surface area contributed by atoms with Crippen LogP contribution in [0.5, 0.6) is 0 Å². The van der Waals surface area contributed by atoms with Gasteiger partial charge in [0.2, 0.25) is 0 Å². The Morgan fingerprint density at radius 2 is 2.18 bits per heavy atom. The van der Waals surface area contributed by atoms with Crippen LogP contribution in [0.15, 0.2) is 28.5 Å². The molecule has 1 unspecified atom stereocenters. The number of esters is 1. The number of hydrogen-bond acceptors (Lipinski definition) is 5. The Labute approximate surface area is 128 Å². The van der Waals surface area contributed by atoms with Crippen molar-refractivity contribution in [2.45, 2.75) is 25.7 Å². The van der Waals surface area contributed by atoms with Crippen LogP contribution < -0.4 is 5.84 Å². The largest absolute Gasteiger partial charge is 0.469 e. The molecule has 116 valence electrons. The molecule has 2 rings (SSSR count). The quantitative estimate of drug-likeness (QED) is 0.167. The number of benzene rings is 1. The van der Waals surface area contributed by atoms with Crippen LogP contribution in [0, 0.1) is 11.3 Å². The van der Waals surface area contributed by atoms with Gasteiger partial charge in [0.1, 0.15) is 12.2 Å². The maximum atomic E-state index is 12.1. The number of rotatable bonds is 4. The molecule has 0 saturated carbocycles. The number of nitrogens with zero attached hydrogens (tertiary/aromatic N) is 2. The number of nitrogens with one attached hydrogen (secondary N) is 1. The van der Waals surface area contributed by atoms with Gasteiger partial charge in [-0.05, 0) is 36.5 Å². The van der Waals surface area contributed by atoms with Gasteiger partial charge in [-0.3, -0.25) is 15.0 Å². The molecule has 0 amide bonds. The molecular formula is C15H18N4O3. The van der Waals surface area contributed by atoms with Crippen molar-refractivity contribution >= 4 is 17.6 Å². The molecule has 3 N–H and O–H groups in total. The predicted octanol–water partition coefficient (Wildman–Crippen LogP) is 1.57. The van der Waals surface area contributed by atoms with Crippen LogP contribution in [0.2, 0.25) is 0 Å². The zero-order valence-electron chi connectivity index (χ0n) is 12.3. The highest BCUT2D eigenvalue weighted by Gasteiger charge is 2.26. The Hall–Kier alpha value is -2.57. The van der Waals surface area contributed by atoms with Gasteiger partial charge in [0.15, 0.2) is 5.84 Å². The first kappa shape index (κ1) is 15.8. The highest BCUT2D eigenvalue weighted by molar-refractivity contribution is 5.98. The molecule has 0 saturated heterocycles. The molecule has 0 spiro atoms. The van der Waals surface area contributed by atoms with E-state index in [0.717, 1.165) is 17.5 Å². The topological polar surface area (TPSA) is 118 Å². The third-order valence-electron chi connectivity index (χ3n) is 3.87. The fourth-order valence-electron chi connectivity index (χ4n) is 2.65. The lowest BCUT2D eigenvalue weighted by molar-refractivity contribution is -0.144. The van der Waals surface area contributed by atoms with E-state index in [1.807, 2.05) is 12.1 Å². The molecule has 0 heterocycles. The number of aryl methyl sites for hydroxylation is 1. The van der Waals surface area contributed by atoms with Gasteiger partial charge in [-0.1, -0.05) is 17.4 Å². The molecule has 0 bridgehead atoms. The van der Waals surface area contributed by atoms with Gasteiger partial charge in [-0.2, -0.15) is 0 Å². The number of ether oxygens (including phenoxy) is 1. The predicted molar refractivity (Wildman–Crippen MR) is 79.5 cm³/mol. The van der Waals surface area contributed by atoms with Crippen molar-refractivity contribution < 1.29 is 14.3 Å². The summed E-state index contributed by atoms with van der Waals surface area (Å²) >= 11 is 0. The van der Waals surface area contributed by atoms with Crippen molar-refractivity contribution in [3.8, 4) is 0 Å². The first-order valence-corrected chi connectivity index (χ1v) is 6.96. The highest BCUT2D eigenvalue weighted by Crippen LogP contribution is 2.28. The number of ketones is 1. The van der Waals surface area contributed by atoms with E-state index in [1.54, 1.807) is 6.07 Å². The van der Waals surface area contributed by atoms with Crippen LogP contribution in [0.3, 0.4) is 0 Å². The summed E-state index contributed by atoms with van der Waals surface area (Å²) < 4.78 is 4.53. The zero-order chi connectivity index (χ0) is 16.1. The summed E-state index contributed by atoms with van der Waals surface area (Å²) in [6, 6.07) is 5.54. The van der Waals surface area contributed by atoms with Crippen molar-refractivity contribution in [1.29, 1.82) is 5.41 Å². The summed E-state index contributed by atoms with van der Waals surface area (Å²) in [5, 5.41) is 14.3. The normalized spacial score (nSPS) is 17.0. The Kier molecular flexibility index (Phi) is 4.98. The van der Waals surface area contributed by atoms with E-state index >= 15 is 0 Å². The maximum absolute atomic E-state index is 12.1. The molecule has 1 atom stereocenters. The summed E-state index contributed by atoms with van der Waals surface area (Å²) in [6.07, 6.45) is 1.86. The van der Waals surface area contributed by atoms with Gasteiger partial charge in [-0.25, -0.2) is 0 Å². The monoisotopic (exact) mass is 302 g/mol. The van der Waals surface area contributed by atoms with Crippen LogP contribution in [0.25, 0.3) is 0 Å². The lowest BCUT2D eigenvalue weighted by Gasteiger charge is -2.23. The molecule has 0 radical (unpaired) electrons. The van der Waals surface area contributed by atoms with Crippen LogP contribution >= 0.6 is 0 Å². The molecule has 1 aromatic carbocycles. The van der Waals surface area contributed by atoms with Crippen LogP contribution in [0.1, 0.15) is 29.5 Å². The Morgan fingerprint density at radius 3 is 2.86 bits per heavy atom. The van der Waals surface area contributed by atoms with Gasteiger partial charge in [0.25, 0.3) is 0 Å². The molecule has 0 aromatic heterocycles. The molecule has 0 fully saturated rings. The minimum Gasteiger partial charge on any atom is -0.469 e. The average molecular weight is 302 g/mol. The fraction of sp³-hybridized carbons (Fsp3) is 0.400. The van der Waals surface area contributed by atoms with Gasteiger partial charge >= 0.3 is 5.97 Å². The number of hydrogen-bond donors (Lipinski definition) is 2. The number of carbonyl (C=O) groups excluding carboxylic acids is 2. The molecule has 7 nitrogen and oxygen atoms in total. The van der Waals surface area contributed by atoms with Gasteiger partial charge in [0, 0.05) is 11.5 Å². The van der Waals surface area contributed by atoms with E-state index in [1.165, 1.54) is 7.11 Å². The molecule has 22 heavy (non-hydrogen) atoms. The molecular weight excluding hydrogens is 284 g/mol. The number of Topliss-reactive ketones (excluding diaryl/α,β-unsaturated/α-hetero) is 1. The number of nitrogens with two attached hydrogens (primary N) is 1. The third-order valence-corrected chi connectivity index (χ3v) is 3.87. The van der Waals surface area contributed by atoms with E-state index in [0.29, 0.717) is 18.4 Å². The third kappa shape index (κ3) is 3.55. The Bertz CT molecular complexity index is 640.